The highest BCUT2D eigenvalue weighted by atomic mass is 16.6. The van der Waals surface area contributed by atoms with Crippen LogP contribution in [0.25, 0.3) is 0 Å². The van der Waals surface area contributed by atoms with E-state index in [4.69, 9.17) is 4.74 Å². The molecule has 1 atom stereocenters. The molecule has 0 rings (SSSR count). The normalized spacial score (nSPS) is 12.5. The molecular formula is C47H86O4. The van der Waals surface area contributed by atoms with Crippen LogP contribution < -0.4 is 0 Å². The molecule has 0 aromatic rings. The molecule has 0 spiro atoms. The number of carboxylic acid groups (broad SMARTS) is 1. The monoisotopic (exact) mass is 715 g/mol. The topological polar surface area (TPSA) is 63.6 Å². The molecule has 0 fully saturated rings. The molecular weight excluding hydrogens is 629 g/mol. The summed E-state index contributed by atoms with van der Waals surface area (Å²) in [5, 5.41) is 9.52. The first-order valence-corrected chi connectivity index (χ1v) is 22.5. The zero-order valence-electron chi connectivity index (χ0n) is 34.2. The minimum Gasteiger partial charge on any atom is -0.479 e. The van der Waals surface area contributed by atoms with E-state index in [1.165, 1.54) is 148 Å². The largest absolute Gasteiger partial charge is 0.479 e. The number of carbonyl (C=O) groups excluding carboxylic acids is 1. The number of allylic oxidation sites excluding steroid dienone is 6. The number of esters is 1. The standard InChI is InChI=1S/C47H86O4/c1-3-5-7-9-11-13-15-17-19-20-21-22-23-24-25-26-27-28-30-31-33-35-37-39-41-43-45(47(49)50)51-46(48)44-42-40-38-36-34-32-29-18-16-14-12-10-8-6-4-2/h6,8,12,14,18,29,45H,3-5,7,9-11,13,15-17,19-28,30-44H2,1-2H3,(H,49,50)/b8-6-,14-12-,29-18-. The van der Waals surface area contributed by atoms with Crippen molar-refractivity contribution < 1.29 is 19.4 Å². The zero-order valence-corrected chi connectivity index (χ0v) is 34.2. The average Bonchev–Trinajstić information content (AvgIpc) is 3.12. The summed E-state index contributed by atoms with van der Waals surface area (Å²) >= 11 is 0. The van der Waals surface area contributed by atoms with Crippen LogP contribution in [0.1, 0.15) is 245 Å². The molecule has 1 N–H and O–H groups in total. The number of aliphatic carboxylic acids is 1. The van der Waals surface area contributed by atoms with Crippen molar-refractivity contribution in [1.29, 1.82) is 0 Å². The Kier molecular flexibility index (Phi) is 41.0. The van der Waals surface area contributed by atoms with E-state index in [-0.39, 0.29) is 5.97 Å². The van der Waals surface area contributed by atoms with E-state index in [2.05, 4.69) is 50.3 Å². The summed E-state index contributed by atoms with van der Waals surface area (Å²) < 4.78 is 5.33. The van der Waals surface area contributed by atoms with Crippen LogP contribution in [0.15, 0.2) is 36.5 Å². The van der Waals surface area contributed by atoms with Crippen molar-refractivity contribution in [1.82, 2.24) is 0 Å². The quantitative estimate of drug-likeness (QED) is 0.0389. The molecule has 4 heteroatoms. The molecule has 0 bridgehead atoms. The summed E-state index contributed by atoms with van der Waals surface area (Å²) in [5.41, 5.74) is 0. The lowest BCUT2D eigenvalue weighted by molar-refractivity contribution is -0.164. The fourth-order valence-electron chi connectivity index (χ4n) is 6.81. The predicted molar refractivity (Wildman–Crippen MR) is 222 cm³/mol. The van der Waals surface area contributed by atoms with Crippen molar-refractivity contribution in [3.63, 3.8) is 0 Å². The van der Waals surface area contributed by atoms with E-state index >= 15 is 0 Å². The van der Waals surface area contributed by atoms with Gasteiger partial charge in [-0.05, 0) is 51.4 Å². The first kappa shape index (κ1) is 49.2. The summed E-state index contributed by atoms with van der Waals surface area (Å²) in [7, 11) is 0. The molecule has 0 saturated carbocycles. The summed E-state index contributed by atoms with van der Waals surface area (Å²) in [5.74, 6) is -1.37. The lowest BCUT2D eigenvalue weighted by Crippen LogP contribution is -2.27. The molecule has 0 radical (unpaired) electrons. The Morgan fingerprint density at radius 2 is 0.804 bits per heavy atom. The number of hydrogen-bond acceptors (Lipinski definition) is 3. The summed E-state index contributed by atoms with van der Waals surface area (Å²) in [4.78, 5) is 23.9. The molecule has 51 heavy (non-hydrogen) atoms. The van der Waals surface area contributed by atoms with E-state index in [9.17, 15) is 14.7 Å². The molecule has 0 heterocycles. The van der Waals surface area contributed by atoms with Gasteiger partial charge in [0.25, 0.3) is 0 Å². The molecule has 4 nitrogen and oxygen atoms in total. The summed E-state index contributed by atoms with van der Waals surface area (Å²) in [6.45, 7) is 4.45. The van der Waals surface area contributed by atoms with Gasteiger partial charge in [-0.15, -0.1) is 0 Å². The summed E-state index contributed by atoms with van der Waals surface area (Å²) in [6.07, 6.45) is 56.4. The predicted octanol–water partition coefficient (Wildman–Crippen LogP) is 15.7. The van der Waals surface area contributed by atoms with Gasteiger partial charge in [0.05, 0.1) is 0 Å². The molecule has 0 saturated heterocycles. The van der Waals surface area contributed by atoms with Gasteiger partial charge in [-0.2, -0.15) is 0 Å². The minimum atomic E-state index is -1.01. The first-order valence-electron chi connectivity index (χ1n) is 22.5. The van der Waals surface area contributed by atoms with E-state index in [1.54, 1.807) is 0 Å². The van der Waals surface area contributed by atoms with E-state index < -0.39 is 12.1 Å². The molecule has 298 valence electrons. The number of carbonyl (C=O) groups is 2. The van der Waals surface area contributed by atoms with Crippen molar-refractivity contribution >= 4 is 11.9 Å². The van der Waals surface area contributed by atoms with Crippen LogP contribution in [-0.2, 0) is 14.3 Å². The van der Waals surface area contributed by atoms with Crippen LogP contribution in [-0.4, -0.2) is 23.1 Å². The maximum atomic E-state index is 12.2. The number of unbranched alkanes of at least 4 members (excludes halogenated alkanes) is 29. The van der Waals surface area contributed by atoms with Gasteiger partial charge >= 0.3 is 11.9 Å². The molecule has 0 aliphatic heterocycles. The van der Waals surface area contributed by atoms with Gasteiger partial charge in [0.15, 0.2) is 6.10 Å². The second kappa shape index (κ2) is 42.6. The van der Waals surface area contributed by atoms with Crippen LogP contribution in [0.2, 0.25) is 0 Å². The molecule has 0 aliphatic carbocycles. The maximum absolute atomic E-state index is 12.2. The molecule has 0 aromatic carbocycles. The van der Waals surface area contributed by atoms with E-state index in [0.29, 0.717) is 12.8 Å². The third kappa shape index (κ3) is 40.8. The lowest BCUT2D eigenvalue weighted by atomic mass is 10.0. The van der Waals surface area contributed by atoms with E-state index in [0.717, 1.165) is 70.6 Å². The second-order valence-electron chi connectivity index (χ2n) is 15.2. The van der Waals surface area contributed by atoms with Crippen molar-refractivity contribution in [2.75, 3.05) is 0 Å². The lowest BCUT2D eigenvalue weighted by Gasteiger charge is -2.13. The van der Waals surface area contributed by atoms with Crippen LogP contribution in [0.3, 0.4) is 0 Å². The number of ether oxygens (including phenoxy) is 1. The van der Waals surface area contributed by atoms with Gasteiger partial charge in [-0.1, -0.05) is 224 Å². The third-order valence-corrected chi connectivity index (χ3v) is 10.2. The van der Waals surface area contributed by atoms with Gasteiger partial charge in [-0.25, -0.2) is 4.79 Å². The maximum Gasteiger partial charge on any atom is 0.345 e. The van der Waals surface area contributed by atoms with Crippen molar-refractivity contribution in [3.05, 3.63) is 36.5 Å². The SMILES string of the molecule is CC/C=C\C/C=C\C/C=C\CCCCCCCC(=O)OC(CCCCCCCCCCCCCCCCCCCCCCCCCCC)C(=O)O. The average molecular weight is 715 g/mol. The smallest absolute Gasteiger partial charge is 0.345 e. The minimum absolute atomic E-state index is 0.322. The van der Waals surface area contributed by atoms with Crippen LogP contribution >= 0.6 is 0 Å². The number of carboxylic acids is 1. The fraction of sp³-hybridized carbons (Fsp3) is 0.830. The van der Waals surface area contributed by atoms with Crippen LogP contribution in [0, 0.1) is 0 Å². The molecule has 1 unspecified atom stereocenters. The van der Waals surface area contributed by atoms with Crippen molar-refractivity contribution in [3.8, 4) is 0 Å². The first-order chi connectivity index (χ1) is 25.1. The van der Waals surface area contributed by atoms with Gasteiger partial charge in [0.2, 0.25) is 0 Å². The molecule has 0 aliphatic rings. The van der Waals surface area contributed by atoms with Gasteiger partial charge < -0.3 is 9.84 Å². The Hall–Kier alpha value is -1.84. The molecule has 0 aromatic heterocycles. The van der Waals surface area contributed by atoms with Crippen LogP contribution in [0.4, 0.5) is 0 Å². The Bertz CT molecular complexity index is 813. The van der Waals surface area contributed by atoms with Crippen LogP contribution in [0.5, 0.6) is 0 Å². The van der Waals surface area contributed by atoms with Gasteiger partial charge in [0, 0.05) is 6.42 Å². The zero-order chi connectivity index (χ0) is 37.1. The highest BCUT2D eigenvalue weighted by Crippen LogP contribution is 2.17. The highest BCUT2D eigenvalue weighted by molar-refractivity contribution is 5.77. The Balaban J connectivity index is 3.48. The third-order valence-electron chi connectivity index (χ3n) is 10.2. The molecule has 0 amide bonds. The van der Waals surface area contributed by atoms with Crippen molar-refractivity contribution in [2.24, 2.45) is 0 Å². The highest BCUT2D eigenvalue weighted by Gasteiger charge is 2.21. The number of hydrogen-bond donors (Lipinski definition) is 1. The van der Waals surface area contributed by atoms with Crippen molar-refractivity contribution in [2.45, 2.75) is 251 Å². The summed E-state index contributed by atoms with van der Waals surface area (Å²) in [6, 6.07) is 0. The Morgan fingerprint density at radius 1 is 0.451 bits per heavy atom. The van der Waals surface area contributed by atoms with E-state index in [1.807, 2.05) is 0 Å². The second-order valence-corrected chi connectivity index (χ2v) is 15.2. The van der Waals surface area contributed by atoms with Gasteiger partial charge in [-0.3, -0.25) is 4.79 Å². The number of rotatable bonds is 41. The fourth-order valence-corrected chi connectivity index (χ4v) is 6.81. The Morgan fingerprint density at radius 3 is 1.22 bits per heavy atom. The Labute approximate surface area is 318 Å². The van der Waals surface area contributed by atoms with Gasteiger partial charge in [0.1, 0.15) is 0 Å².